The average molecular weight is 334 g/mol. The van der Waals surface area contributed by atoms with Crippen LogP contribution in [-0.4, -0.2) is 18.5 Å². The molecule has 2 aromatic carbocycles. The summed E-state index contributed by atoms with van der Waals surface area (Å²) in [5.74, 6) is 2.49. The van der Waals surface area contributed by atoms with Crippen molar-refractivity contribution in [1.29, 1.82) is 0 Å². The zero-order valence-electron chi connectivity index (χ0n) is 13.9. The predicted molar refractivity (Wildman–Crippen MR) is 93.6 cm³/mol. The molecule has 0 fully saturated rings. The lowest BCUT2D eigenvalue weighted by Gasteiger charge is -2.20. The summed E-state index contributed by atoms with van der Waals surface area (Å²) < 4.78 is 18.9. The molecule has 0 saturated carbocycles. The zero-order chi connectivity index (χ0) is 16.8. The van der Waals surface area contributed by atoms with E-state index in [1.807, 2.05) is 18.2 Å². The van der Waals surface area contributed by atoms with Crippen LogP contribution in [0.4, 0.5) is 0 Å². The van der Waals surface area contributed by atoms with Gasteiger partial charge in [-0.25, -0.2) is 0 Å². The maximum Gasteiger partial charge on any atom is 0.231 e. The van der Waals surface area contributed by atoms with Crippen LogP contribution in [-0.2, 0) is 6.54 Å². The van der Waals surface area contributed by atoms with E-state index in [0.29, 0.717) is 0 Å². The van der Waals surface area contributed by atoms with E-state index in [9.17, 15) is 0 Å². The molecule has 0 unspecified atom stereocenters. The number of rotatable bonds is 2. The fourth-order valence-corrected chi connectivity index (χ4v) is 3.68. The molecule has 2 aliphatic heterocycles. The number of methoxy groups -OCH3 is 1. The van der Waals surface area contributed by atoms with Crippen LogP contribution in [0.2, 0.25) is 0 Å². The van der Waals surface area contributed by atoms with Crippen molar-refractivity contribution in [2.45, 2.75) is 12.6 Å². The van der Waals surface area contributed by atoms with Crippen molar-refractivity contribution in [3.63, 3.8) is 0 Å². The van der Waals surface area contributed by atoms with Gasteiger partial charge in [-0.3, -0.25) is 0 Å². The minimum Gasteiger partial charge on any atom is -0.496 e. The molecule has 3 aromatic rings. The summed E-state index contributed by atoms with van der Waals surface area (Å²) in [5, 5.41) is 3.67. The zero-order valence-corrected chi connectivity index (χ0v) is 13.9. The predicted octanol–water partition coefficient (Wildman–Crippen LogP) is 3.41. The van der Waals surface area contributed by atoms with Gasteiger partial charge in [0.15, 0.2) is 11.5 Å². The molecule has 2 aliphatic rings. The lowest BCUT2D eigenvalue weighted by atomic mass is 10.0. The molecule has 5 heteroatoms. The van der Waals surface area contributed by atoms with Gasteiger partial charge in [0.25, 0.3) is 0 Å². The highest BCUT2D eigenvalue weighted by molar-refractivity contribution is 5.57. The van der Waals surface area contributed by atoms with Crippen molar-refractivity contribution in [1.82, 2.24) is 9.88 Å². The number of para-hydroxylation sites is 1. The number of aromatic nitrogens is 1. The number of benzene rings is 2. The van der Waals surface area contributed by atoms with Crippen LogP contribution in [0.15, 0.2) is 54.7 Å². The summed E-state index contributed by atoms with van der Waals surface area (Å²) in [7, 11) is 1.71. The Morgan fingerprint density at radius 1 is 1.08 bits per heavy atom. The van der Waals surface area contributed by atoms with Crippen molar-refractivity contribution < 1.29 is 14.2 Å². The molecule has 1 atom stereocenters. The van der Waals surface area contributed by atoms with E-state index in [-0.39, 0.29) is 12.8 Å². The molecule has 1 N–H and O–H groups in total. The second kappa shape index (κ2) is 5.57. The van der Waals surface area contributed by atoms with Crippen LogP contribution >= 0.6 is 0 Å². The van der Waals surface area contributed by atoms with Crippen molar-refractivity contribution in [3.8, 4) is 22.9 Å². The fraction of sp³-hybridized carbons (Fsp3) is 0.200. The highest BCUT2D eigenvalue weighted by Gasteiger charge is 2.27. The Hall–Kier alpha value is -2.92. The number of hydrogen-bond acceptors (Lipinski definition) is 4. The van der Waals surface area contributed by atoms with E-state index in [1.165, 1.54) is 11.3 Å². The topological polar surface area (TPSA) is 44.7 Å². The van der Waals surface area contributed by atoms with Crippen LogP contribution < -0.4 is 19.5 Å². The highest BCUT2D eigenvalue weighted by atomic mass is 16.7. The summed E-state index contributed by atoms with van der Waals surface area (Å²) in [6.07, 6.45) is 2.09. The smallest absolute Gasteiger partial charge is 0.231 e. The Bertz CT molecular complexity index is 948. The molecule has 3 heterocycles. The quantitative estimate of drug-likeness (QED) is 0.780. The van der Waals surface area contributed by atoms with Gasteiger partial charge in [0.05, 0.1) is 18.8 Å². The van der Waals surface area contributed by atoms with Gasteiger partial charge < -0.3 is 24.1 Å². The summed E-state index contributed by atoms with van der Waals surface area (Å²) >= 11 is 0. The first-order valence-corrected chi connectivity index (χ1v) is 8.31. The van der Waals surface area contributed by atoms with E-state index < -0.39 is 0 Å². The van der Waals surface area contributed by atoms with Crippen molar-refractivity contribution in [3.05, 3.63) is 71.5 Å². The summed E-state index contributed by atoms with van der Waals surface area (Å²) in [4.78, 5) is 0. The second-order valence-corrected chi connectivity index (χ2v) is 6.19. The Balaban J connectivity index is 1.67. The minimum atomic E-state index is 0.0372. The second-order valence-electron chi connectivity index (χ2n) is 6.19. The van der Waals surface area contributed by atoms with Gasteiger partial charge in [-0.1, -0.05) is 18.2 Å². The normalized spacial score (nSPS) is 17.6. The third-order valence-corrected chi connectivity index (χ3v) is 4.86. The van der Waals surface area contributed by atoms with Gasteiger partial charge in [-0.15, -0.1) is 0 Å². The Kier molecular flexibility index (Phi) is 3.21. The van der Waals surface area contributed by atoms with Gasteiger partial charge in [0.1, 0.15) is 5.75 Å². The van der Waals surface area contributed by atoms with Gasteiger partial charge in [0.2, 0.25) is 6.79 Å². The maximum absolute atomic E-state index is 5.58. The standard InChI is InChI=1S/C20H18N2O3/c1-23-17-7-3-2-5-14(17)20-15-6-4-8-22(15)16-10-19-18(24-12-25-19)9-13(16)11-21-20/h2-10,20-21H,11-12H2,1H3/t20-/m1/s1. The molecule has 0 bridgehead atoms. The van der Waals surface area contributed by atoms with Gasteiger partial charge >= 0.3 is 0 Å². The molecular weight excluding hydrogens is 316 g/mol. The van der Waals surface area contributed by atoms with Crippen molar-refractivity contribution >= 4 is 0 Å². The Morgan fingerprint density at radius 3 is 2.80 bits per heavy atom. The van der Waals surface area contributed by atoms with Crippen LogP contribution in [0.3, 0.4) is 0 Å². The Labute approximate surface area is 145 Å². The molecule has 0 spiro atoms. The number of nitrogens with one attached hydrogen (secondary N) is 1. The van der Waals surface area contributed by atoms with Crippen molar-refractivity contribution in [2.75, 3.05) is 13.9 Å². The van der Waals surface area contributed by atoms with Crippen LogP contribution in [0.5, 0.6) is 17.2 Å². The molecule has 25 heavy (non-hydrogen) atoms. The third-order valence-electron chi connectivity index (χ3n) is 4.86. The lowest BCUT2D eigenvalue weighted by Crippen LogP contribution is -2.21. The van der Waals surface area contributed by atoms with Crippen LogP contribution in [0, 0.1) is 0 Å². The highest BCUT2D eigenvalue weighted by Crippen LogP contribution is 2.40. The van der Waals surface area contributed by atoms with E-state index in [2.05, 4.69) is 46.4 Å². The molecule has 0 radical (unpaired) electrons. The minimum absolute atomic E-state index is 0.0372. The first kappa shape index (κ1) is 14.4. The van der Waals surface area contributed by atoms with E-state index >= 15 is 0 Å². The monoisotopic (exact) mass is 334 g/mol. The largest absolute Gasteiger partial charge is 0.496 e. The van der Waals surface area contributed by atoms with Crippen LogP contribution in [0.25, 0.3) is 5.69 Å². The summed E-state index contributed by atoms with van der Waals surface area (Å²) in [6, 6.07) is 16.5. The molecule has 5 rings (SSSR count). The van der Waals surface area contributed by atoms with Gasteiger partial charge in [-0.05, 0) is 29.8 Å². The summed E-state index contributed by atoms with van der Waals surface area (Å²) in [5.41, 5.74) is 4.59. The number of hydrogen-bond donors (Lipinski definition) is 1. The Morgan fingerprint density at radius 2 is 1.92 bits per heavy atom. The molecule has 1 aromatic heterocycles. The first-order valence-electron chi connectivity index (χ1n) is 8.31. The van der Waals surface area contributed by atoms with Crippen molar-refractivity contribution in [2.24, 2.45) is 0 Å². The van der Waals surface area contributed by atoms with E-state index in [0.717, 1.165) is 35.0 Å². The fourth-order valence-electron chi connectivity index (χ4n) is 3.68. The van der Waals surface area contributed by atoms with Gasteiger partial charge in [-0.2, -0.15) is 0 Å². The molecule has 0 amide bonds. The van der Waals surface area contributed by atoms with E-state index in [4.69, 9.17) is 14.2 Å². The molecule has 5 nitrogen and oxygen atoms in total. The summed E-state index contributed by atoms with van der Waals surface area (Å²) in [6.45, 7) is 1.02. The average Bonchev–Trinajstić information content (AvgIpc) is 3.27. The van der Waals surface area contributed by atoms with E-state index in [1.54, 1.807) is 7.11 Å². The number of ether oxygens (including phenoxy) is 3. The first-order chi connectivity index (χ1) is 12.3. The van der Waals surface area contributed by atoms with Gasteiger partial charge in [0, 0.05) is 30.1 Å². The third kappa shape index (κ3) is 2.20. The van der Waals surface area contributed by atoms with Crippen LogP contribution in [0.1, 0.15) is 22.9 Å². The molecular formula is C20H18N2O3. The SMILES string of the molecule is COc1ccccc1[C@H]1NCc2cc3c(cc2-n2cccc21)OCO3. The lowest BCUT2D eigenvalue weighted by molar-refractivity contribution is 0.174. The number of fused-ring (bicyclic) bond motifs is 4. The number of nitrogens with zero attached hydrogens (tertiary/aromatic N) is 1. The maximum atomic E-state index is 5.58. The molecule has 126 valence electrons. The molecule has 0 saturated heterocycles. The molecule has 0 aliphatic carbocycles.